The topological polar surface area (TPSA) is 102 Å². The Hall–Kier alpha value is -4.07. The molecule has 2 heterocycles. The highest BCUT2D eigenvalue weighted by Crippen LogP contribution is 2.23. The van der Waals surface area contributed by atoms with Crippen molar-refractivity contribution in [3.8, 4) is 11.3 Å². The average molecular weight is 359 g/mol. The predicted octanol–water partition coefficient (Wildman–Crippen LogP) is 3.56. The number of anilines is 1. The number of nitro groups is 1. The molecular formula is C19H13N5O3. The van der Waals surface area contributed by atoms with E-state index in [4.69, 9.17) is 0 Å². The van der Waals surface area contributed by atoms with Crippen LogP contribution >= 0.6 is 0 Å². The SMILES string of the molecule is O=C(Nc1ccccc1)c1cnn2c(-c3ccc([N+](=O)[O-])cc3)ccnc12. The number of hydrogen-bond donors (Lipinski definition) is 1. The van der Waals surface area contributed by atoms with E-state index in [0.717, 1.165) is 5.56 Å². The minimum absolute atomic E-state index is 0.00689. The minimum atomic E-state index is -0.453. The van der Waals surface area contributed by atoms with Gasteiger partial charge in [-0.3, -0.25) is 14.9 Å². The first kappa shape index (κ1) is 16.4. The van der Waals surface area contributed by atoms with Crippen LogP contribution in [0, 0.1) is 10.1 Å². The Labute approximate surface area is 153 Å². The van der Waals surface area contributed by atoms with Gasteiger partial charge in [-0.25, -0.2) is 9.50 Å². The second kappa shape index (κ2) is 6.68. The van der Waals surface area contributed by atoms with Crippen LogP contribution in [0.2, 0.25) is 0 Å². The summed E-state index contributed by atoms with van der Waals surface area (Å²) in [6.07, 6.45) is 3.03. The molecule has 0 aliphatic heterocycles. The summed E-state index contributed by atoms with van der Waals surface area (Å²) in [6.45, 7) is 0. The van der Waals surface area contributed by atoms with Gasteiger partial charge in [-0.15, -0.1) is 0 Å². The first-order chi connectivity index (χ1) is 13.1. The third-order valence-electron chi connectivity index (χ3n) is 4.05. The number of non-ortho nitro benzene ring substituents is 1. The number of fused-ring (bicyclic) bond motifs is 1. The predicted molar refractivity (Wildman–Crippen MR) is 99.5 cm³/mol. The monoisotopic (exact) mass is 359 g/mol. The molecule has 0 aliphatic rings. The van der Waals surface area contributed by atoms with Gasteiger partial charge >= 0.3 is 0 Å². The molecule has 0 aliphatic carbocycles. The van der Waals surface area contributed by atoms with Crippen molar-refractivity contribution in [3.63, 3.8) is 0 Å². The molecule has 4 rings (SSSR count). The lowest BCUT2D eigenvalue weighted by molar-refractivity contribution is -0.384. The van der Waals surface area contributed by atoms with Crippen LogP contribution in [0.1, 0.15) is 10.4 Å². The molecule has 27 heavy (non-hydrogen) atoms. The maximum absolute atomic E-state index is 12.6. The van der Waals surface area contributed by atoms with Crippen molar-refractivity contribution in [2.75, 3.05) is 5.32 Å². The molecule has 0 radical (unpaired) electrons. The Bertz CT molecular complexity index is 1140. The van der Waals surface area contributed by atoms with Crippen LogP contribution in [-0.2, 0) is 0 Å². The Morgan fingerprint density at radius 3 is 2.48 bits per heavy atom. The van der Waals surface area contributed by atoms with Crippen LogP contribution in [0.3, 0.4) is 0 Å². The van der Waals surface area contributed by atoms with Gasteiger partial charge in [0.2, 0.25) is 0 Å². The summed E-state index contributed by atoms with van der Waals surface area (Å²) >= 11 is 0. The van der Waals surface area contributed by atoms with Gasteiger partial charge in [-0.1, -0.05) is 18.2 Å². The third-order valence-corrected chi connectivity index (χ3v) is 4.05. The zero-order chi connectivity index (χ0) is 18.8. The molecule has 0 fully saturated rings. The fraction of sp³-hybridized carbons (Fsp3) is 0. The maximum Gasteiger partial charge on any atom is 0.269 e. The van der Waals surface area contributed by atoms with Crippen molar-refractivity contribution in [1.82, 2.24) is 14.6 Å². The number of amides is 1. The number of aromatic nitrogens is 3. The number of para-hydroxylation sites is 1. The van der Waals surface area contributed by atoms with Gasteiger partial charge in [0, 0.05) is 29.6 Å². The number of carbonyl (C=O) groups is 1. The van der Waals surface area contributed by atoms with Gasteiger partial charge in [0.15, 0.2) is 5.65 Å². The molecule has 0 bridgehead atoms. The summed E-state index contributed by atoms with van der Waals surface area (Å²) in [7, 11) is 0. The maximum atomic E-state index is 12.6. The standard InChI is InChI=1S/C19H13N5O3/c25-19(22-14-4-2-1-3-5-14)16-12-21-23-17(10-11-20-18(16)23)13-6-8-15(9-7-13)24(26)27/h1-12H,(H,22,25). The Balaban J connectivity index is 1.71. The van der Waals surface area contributed by atoms with Crippen LogP contribution in [0.4, 0.5) is 11.4 Å². The molecule has 0 unspecified atom stereocenters. The van der Waals surface area contributed by atoms with E-state index >= 15 is 0 Å². The Morgan fingerprint density at radius 2 is 1.78 bits per heavy atom. The summed E-state index contributed by atoms with van der Waals surface area (Å²) in [5.74, 6) is -0.315. The molecule has 8 nitrogen and oxygen atoms in total. The van der Waals surface area contributed by atoms with Crippen molar-refractivity contribution >= 4 is 22.9 Å². The summed E-state index contributed by atoms with van der Waals surface area (Å²) in [4.78, 5) is 27.2. The molecule has 132 valence electrons. The van der Waals surface area contributed by atoms with Crippen LogP contribution in [0.25, 0.3) is 16.9 Å². The van der Waals surface area contributed by atoms with Gasteiger partial charge in [0.05, 0.1) is 16.8 Å². The number of nitro benzene ring substituents is 1. The van der Waals surface area contributed by atoms with E-state index in [2.05, 4.69) is 15.4 Å². The van der Waals surface area contributed by atoms with E-state index in [9.17, 15) is 14.9 Å². The number of nitrogens with one attached hydrogen (secondary N) is 1. The van der Waals surface area contributed by atoms with Gasteiger partial charge in [-0.2, -0.15) is 5.10 Å². The molecule has 1 N–H and O–H groups in total. The van der Waals surface area contributed by atoms with E-state index in [-0.39, 0.29) is 11.6 Å². The molecule has 0 atom stereocenters. The minimum Gasteiger partial charge on any atom is -0.322 e. The number of hydrogen-bond acceptors (Lipinski definition) is 5. The quantitative estimate of drug-likeness (QED) is 0.443. The van der Waals surface area contributed by atoms with Crippen molar-refractivity contribution in [1.29, 1.82) is 0 Å². The van der Waals surface area contributed by atoms with Gasteiger partial charge in [-0.05, 0) is 30.3 Å². The third kappa shape index (κ3) is 3.11. The smallest absolute Gasteiger partial charge is 0.269 e. The zero-order valence-electron chi connectivity index (χ0n) is 13.9. The highest BCUT2D eigenvalue weighted by atomic mass is 16.6. The molecule has 0 spiro atoms. The lowest BCUT2D eigenvalue weighted by Crippen LogP contribution is -2.12. The molecule has 0 saturated carbocycles. The molecule has 1 amide bonds. The Kier molecular flexibility index (Phi) is 4.06. The van der Waals surface area contributed by atoms with Crippen LogP contribution < -0.4 is 5.32 Å². The largest absolute Gasteiger partial charge is 0.322 e. The summed E-state index contributed by atoms with van der Waals surface area (Å²) in [5.41, 5.74) is 2.82. The van der Waals surface area contributed by atoms with Crippen LogP contribution in [0.15, 0.2) is 73.1 Å². The molecule has 2 aromatic heterocycles. The number of rotatable bonds is 4. The average Bonchev–Trinajstić information content (AvgIpc) is 3.13. The van der Waals surface area contributed by atoms with Crippen LogP contribution in [0.5, 0.6) is 0 Å². The second-order valence-electron chi connectivity index (χ2n) is 5.75. The summed E-state index contributed by atoms with van der Waals surface area (Å²) < 4.78 is 1.54. The van der Waals surface area contributed by atoms with Gasteiger partial charge in [0.25, 0.3) is 11.6 Å². The highest BCUT2D eigenvalue weighted by Gasteiger charge is 2.16. The van der Waals surface area contributed by atoms with Crippen molar-refractivity contribution in [2.24, 2.45) is 0 Å². The Morgan fingerprint density at radius 1 is 1.04 bits per heavy atom. The van der Waals surface area contributed by atoms with Crippen LogP contribution in [-0.4, -0.2) is 25.4 Å². The first-order valence-electron chi connectivity index (χ1n) is 8.07. The van der Waals surface area contributed by atoms with Gasteiger partial charge < -0.3 is 5.32 Å². The number of nitrogens with zero attached hydrogens (tertiary/aromatic N) is 4. The zero-order valence-corrected chi connectivity index (χ0v) is 13.9. The first-order valence-corrected chi connectivity index (χ1v) is 8.07. The number of carbonyl (C=O) groups excluding carboxylic acids is 1. The molecule has 2 aromatic carbocycles. The fourth-order valence-electron chi connectivity index (χ4n) is 2.74. The molecular weight excluding hydrogens is 346 g/mol. The normalized spacial score (nSPS) is 10.7. The van der Waals surface area contributed by atoms with E-state index in [1.165, 1.54) is 18.3 Å². The van der Waals surface area contributed by atoms with E-state index < -0.39 is 4.92 Å². The lowest BCUT2D eigenvalue weighted by atomic mass is 10.1. The van der Waals surface area contributed by atoms with E-state index in [0.29, 0.717) is 22.6 Å². The van der Waals surface area contributed by atoms with E-state index in [1.54, 1.807) is 41.0 Å². The number of benzene rings is 2. The lowest BCUT2D eigenvalue weighted by Gasteiger charge is -2.06. The van der Waals surface area contributed by atoms with Gasteiger partial charge in [0.1, 0.15) is 5.56 Å². The van der Waals surface area contributed by atoms with Crippen molar-refractivity contribution < 1.29 is 9.72 Å². The molecule has 8 heteroatoms. The fourth-order valence-corrected chi connectivity index (χ4v) is 2.74. The van der Waals surface area contributed by atoms with E-state index in [1.807, 2.05) is 18.2 Å². The molecule has 4 aromatic rings. The summed E-state index contributed by atoms with van der Waals surface area (Å²) in [5, 5.41) is 17.9. The molecule has 0 saturated heterocycles. The van der Waals surface area contributed by atoms with Crippen molar-refractivity contribution in [3.05, 3.63) is 88.7 Å². The van der Waals surface area contributed by atoms with Crippen molar-refractivity contribution in [2.45, 2.75) is 0 Å². The summed E-state index contributed by atoms with van der Waals surface area (Å²) in [6, 6.07) is 17.0. The second-order valence-corrected chi connectivity index (χ2v) is 5.75. The highest BCUT2D eigenvalue weighted by molar-refractivity contribution is 6.08.